The predicted octanol–water partition coefficient (Wildman–Crippen LogP) is 3.62. The molecule has 0 radical (unpaired) electrons. The molecule has 1 fully saturated rings. The summed E-state index contributed by atoms with van der Waals surface area (Å²) in [5.41, 5.74) is 1.79. The van der Waals surface area contributed by atoms with Crippen LogP contribution >= 0.6 is 0 Å². The molecule has 2 rings (SSSR count). The highest BCUT2D eigenvalue weighted by molar-refractivity contribution is 5.67. The van der Waals surface area contributed by atoms with Crippen molar-refractivity contribution in [2.24, 2.45) is 17.3 Å². The van der Waals surface area contributed by atoms with Gasteiger partial charge in [0.15, 0.2) is 0 Å². The summed E-state index contributed by atoms with van der Waals surface area (Å²) in [6, 6.07) is 0. The van der Waals surface area contributed by atoms with Crippen LogP contribution in [0.2, 0.25) is 0 Å². The average Bonchev–Trinajstić information content (AvgIpc) is 2.56. The molecule has 90 valence electrons. The molecular formula is C14H22O2. The maximum atomic E-state index is 10.9. The molecule has 1 saturated carbocycles. The topological polar surface area (TPSA) is 37.3 Å². The third kappa shape index (κ3) is 1.90. The van der Waals surface area contributed by atoms with Crippen molar-refractivity contribution in [2.75, 3.05) is 0 Å². The zero-order valence-corrected chi connectivity index (χ0v) is 10.3. The molecule has 2 aliphatic carbocycles. The van der Waals surface area contributed by atoms with Gasteiger partial charge in [0.2, 0.25) is 0 Å². The highest BCUT2D eigenvalue weighted by atomic mass is 16.4. The Morgan fingerprint density at radius 2 is 2.31 bits per heavy atom. The number of allylic oxidation sites excluding steroid dienone is 2. The van der Waals surface area contributed by atoms with Gasteiger partial charge in [-0.2, -0.15) is 0 Å². The smallest absolute Gasteiger partial charge is 0.303 e. The lowest BCUT2D eigenvalue weighted by Gasteiger charge is -2.42. The van der Waals surface area contributed by atoms with E-state index in [1.54, 1.807) is 0 Å². The number of aliphatic carboxylic acids is 1. The van der Waals surface area contributed by atoms with Crippen LogP contribution in [0.5, 0.6) is 0 Å². The van der Waals surface area contributed by atoms with Crippen molar-refractivity contribution in [2.45, 2.75) is 52.4 Å². The van der Waals surface area contributed by atoms with Crippen molar-refractivity contribution in [3.8, 4) is 0 Å². The van der Waals surface area contributed by atoms with Crippen molar-refractivity contribution in [3.63, 3.8) is 0 Å². The molecule has 0 aliphatic heterocycles. The van der Waals surface area contributed by atoms with Crippen LogP contribution in [0.3, 0.4) is 0 Å². The summed E-state index contributed by atoms with van der Waals surface area (Å²) in [5, 5.41) is 9.01. The summed E-state index contributed by atoms with van der Waals surface area (Å²) in [5.74, 6) is 0.349. The zero-order valence-electron chi connectivity index (χ0n) is 10.3. The molecule has 0 aromatic carbocycles. The van der Waals surface area contributed by atoms with Crippen molar-refractivity contribution in [1.29, 1.82) is 0 Å². The van der Waals surface area contributed by atoms with Crippen LogP contribution in [0, 0.1) is 17.3 Å². The Morgan fingerprint density at radius 1 is 1.56 bits per heavy atom. The Hall–Kier alpha value is -0.790. The lowest BCUT2D eigenvalue weighted by molar-refractivity contribution is -0.139. The molecule has 2 aliphatic rings. The molecule has 1 spiro atoms. The number of carbonyl (C=O) groups is 1. The van der Waals surface area contributed by atoms with Gasteiger partial charge < -0.3 is 5.11 Å². The summed E-state index contributed by atoms with van der Waals surface area (Å²) >= 11 is 0. The molecule has 2 nitrogen and oxygen atoms in total. The molecule has 0 aromatic rings. The van der Waals surface area contributed by atoms with Gasteiger partial charge in [0.1, 0.15) is 0 Å². The summed E-state index contributed by atoms with van der Waals surface area (Å²) in [6.07, 6.45) is 8.68. The second kappa shape index (κ2) is 4.23. The highest BCUT2D eigenvalue weighted by Crippen LogP contribution is 2.56. The first kappa shape index (κ1) is 11.7. The van der Waals surface area contributed by atoms with E-state index >= 15 is 0 Å². The summed E-state index contributed by atoms with van der Waals surface area (Å²) in [4.78, 5) is 10.9. The van der Waals surface area contributed by atoms with Gasteiger partial charge in [-0.3, -0.25) is 4.79 Å². The number of rotatable bonds is 2. The minimum absolute atomic E-state index is 0.303. The van der Waals surface area contributed by atoms with E-state index in [-0.39, 0.29) is 0 Å². The van der Waals surface area contributed by atoms with Gasteiger partial charge >= 0.3 is 5.97 Å². The van der Waals surface area contributed by atoms with E-state index in [9.17, 15) is 4.79 Å². The summed E-state index contributed by atoms with van der Waals surface area (Å²) in [7, 11) is 0. The normalized spacial score (nSPS) is 38.8. The third-order valence-corrected chi connectivity index (χ3v) is 4.86. The molecule has 3 unspecified atom stereocenters. The Bertz CT molecular complexity index is 319. The molecule has 3 atom stereocenters. The summed E-state index contributed by atoms with van der Waals surface area (Å²) < 4.78 is 0. The molecule has 16 heavy (non-hydrogen) atoms. The van der Waals surface area contributed by atoms with Crippen molar-refractivity contribution in [3.05, 3.63) is 11.6 Å². The van der Waals surface area contributed by atoms with Crippen LogP contribution in [0.15, 0.2) is 11.6 Å². The van der Waals surface area contributed by atoms with Gasteiger partial charge in [0.05, 0.1) is 0 Å². The average molecular weight is 222 g/mol. The fourth-order valence-electron chi connectivity index (χ4n) is 3.95. The quantitative estimate of drug-likeness (QED) is 0.724. The molecule has 0 heterocycles. The molecular weight excluding hydrogens is 200 g/mol. The van der Waals surface area contributed by atoms with Gasteiger partial charge in [-0.25, -0.2) is 0 Å². The SMILES string of the molecule is CC1=CC(C)C2(CCCC2CC(=O)O)CC1. The van der Waals surface area contributed by atoms with E-state index < -0.39 is 5.97 Å². The molecule has 0 amide bonds. The number of carboxylic acid groups (broad SMARTS) is 1. The molecule has 0 bridgehead atoms. The molecule has 0 aromatic heterocycles. The monoisotopic (exact) mass is 222 g/mol. The highest BCUT2D eigenvalue weighted by Gasteiger charge is 2.47. The maximum Gasteiger partial charge on any atom is 0.303 e. The van der Waals surface area contributed by atoms with E-state index in [0.29, 0.717) is 23.7 Å². The van der Waals surface area contributed by atoms with Crippen LogP contribution < -0.4 is 0 Å². The maximum absolute atomic E-state index is 10.9. The van der Waals surface area contributed by atoms with Crippen LogP contribution in [-0.2, 0) is 4.79 Å². The first-order chi connectivity index (χ1) is 7.54. The minimum Gasteiger partial charge on any atom is -0.481 e. The third-order valence-electron chi connectivity index (χ3n) is 4.86. The molecule has 1 N–H and O–H groups in total. The van der Waals surface area contributed by atoms with Gasteiger partial charge in [-0.1, -0.05) is 25.0 Å². The second-order valence-electron chi connectivity index (χ2n) is 5.72. The largest absolute Gasteiger partial charge is 0.481 e. The first-order valence-electron chi connectivity index (χ1n) is 6.44. The fourth-order valence-corrected chi connectivity index (χ4v) is 3.95. The minimum atomic E-state index is -0.621. The van der Waals surface area contributed by atoms with Crippen molar-refractivity contribution >= 4 is 5.97 Å². The van der Waals surface area contributed by atoms with Gasteiger partial charge in [-0.15, -0.1) is 0 Å². The zero-order chi connectivity index (χ0) is 11.8. The van der Waals surface area contributed by atoms with E-state index in [1.807, 2.05) is 0 Å². The van der Waals surface area contributed by atoms with E-state index in [4.69, 9.17) is 5.11 Å². The van der Waals surface area contributed by atoms with Crippen LogP contribution in [0.25, 0.3) is 0 Å². The lowest BCUT2D eigenvalue weighted by atomic mass is 9.62. The number of hydrogen-bond acceptors (Lipinski definition) is 1. The lowest BCUT2D eigenvalue weighted by Crippen LogP contribution is -2.35. The summed E-state index contributed by atoms with van der Waals surface area (Å²) in [6.45, 7) is 4.48. The van der Waals surface area contributed by atoms with E-state index in [1.165, 1.54) is 31.3 Å². The Morgan fingerprint density at radius 3 is 2.94 bits per heavy atom. The van der Waals surface area contributed by atoms with Crippen LogP contribution in [0.1, 0.15) is 52.4 Å². The Labute approximate surface area is 97.7 Å². The second-order valence-corrected chi connectivity index (χ2v) is 5.72. The van der Waals surface area contributed by atoms with E-state index in [0.717, 1.165) is 6.42 Å². The van der Waals surface area contributed by atoms with E-state index in [2.05, 4.69) is 19.9 Å². The van der Waals surface area contributed by atoms with Crippen molar-refractivity contribution in [1.82, 2.24) is 0 Å². The fraction of sp³-hybridized carbons (Fsp3) is 0.786. The van der Waals surface area contributed by atoms with Gasteiger partial charge in [0, 0.05) is 6.42 Å². The first-order valence-corrected chi connectivity index (χ1v) is 6.44. The van der Waals surface area contributed by atoms with Gasteiger partial charge in [-0.05, 0) is 49.9 Å². The molecule has 2 heteroatoms. The standard InChI is InChI=1S/C14H22O2/c1-10-5-7-14(11(2)8-10)6-3-4-12(14)9-13(15)16/h8,11-12H,3-7,9H2,1-2H3,(H,15,16). The Balaban J connectivity index is 2.20. The number of carboxylic acids is 1. The van der Waals surface area contributed by atoms with Gasteiger partial charge in [0.25, 0.3) is 0 Å². The van der Waals surface area contributed by atoms with Crippen LogP contribution in [0.4, 0.5) is 0 Å². The van der Waals surface area contributed by atoms with Crippen LogP contribution in [-0.4, -0.2) is 11.1 Å². The predicted molar refractivity (Wildman–Crippen MR) is 64.2 cm³/mol. The van der Waals surface area contributed by atoms with Crippen molar-refractivity contribution < 1.29 is 9.90 Å². The number of hydrogen-bond donors (Lipinski definition) is 1. The Kier molecular flexibility index (Phi) is 3.09. The molecule has 0 saturated heterocycles.